The number of aromatic nitrogens is 4. The third-order valence-electron chi connectivity index (χ3n) is 2.15. The molecule has 2 aromatic rings. The second-order valence-electron chi connectivity index (χ2n) is 3.56. The molecule has 2 rings (SSSR count). The lowest BCUT2D eigenvalue weighted by atomic mass is 10.4. The van der Waals surface area contributed by atoms with Crippen LogP contribution >= 0.6 is 0 Å². The van der Waals surface area contributed by atoms with Crippen LogP contribution in [0.3, 0.4) is 0 Å². The van der Waals surface area contributed by atoms with Crippen LogP contribution in [-0.4, -0.2) is 26.1 Å². The van der Waals surface area contributed by atoms with Gasteiger partial charge < -0.3 is 5.32 Å². The molecule has 0 aliphatic rings. The highest BCUT2D eigenvalue weighted by Crippen LogP contribution is 2.10. The molecule has 0 saturated carbocycles. The average Bonchev–Trinajstić information content (AvgIpc) is 2.79. The number of hydrogen-bond acceptors (Lipinski definition) is 4. The first-order valence-corrected chi connectivity index (χ1v) is 5.37. The monoisotopic (exact) mass is 217 g/mol. The highest BCUT2D eigenvalue weighted by molar-refractivity contribution is 5.41. The zero-order chi connectivity index (χ0) is 11.4. The lowest BCUT2D eigenvalue weighted by Gasteiger charge is -2.07. The molecule has 1 N–H and O–H groups in total. The second kappa shape index (κ2) is 4.74. The van der Waals surface area contributed by atoms with E-state index in [-0.39, 0.29) is 0 Å². The van der Waals surface area contributed by atoms with Crippen LogP contribution in [0.1, 0.15) is 19.2 Å². The van der Waals surface area contributed by atoms with Crippen molar-refractivity contribution in [3.05, 3.63) is 30.6 Å². The van der Waals surface area contributed by atoms with Crippen LogP contribution in [0.5, 0.6) is 0 Å². The summed E-state index contributed by atoms with van der Waals surface area (Å²) in [5.41, 5.74) is 0. The zero-order valence-electron chi connectivity index (χ0n) is 9.51. The second-order valence-corrected chi connectivity index (χ2v) is 3.56. The molecule has 0 aliphatic carbocycles. The Hall–Kier alpha value is -1.91. The van der Waals surface area contributed by atoms with E-state index in [0.29, 0.717) is 0 Å². The summed E-state index contributed by atoms with van der Waals surface area (Å²) in [6.07, 6.45) is 6.40. The van der Waals surface area contributed by atoms with Crippen molar-refractivity contribution in [2.45, 2.75) is 20.3 Å². The number of hydrogen-bond donors (Lipinski definition) is 1. The first kappa shape index (κ1) is 10.6. The number of anilines is 1. The van der Waals surface area contributed by atoms with E-state index in [0.717, 1.165) is 30.4 Å². The largest absolute Gasteiger partial charge is 0.370 e. The third kappa shape index (κ3) is 2.36. The Labute approximate surface area is 94.6 Å². The summed E-state index contributed by atoms with van der Waals surface area (Å²) >= 11 is 0. The molecule has 0 unspecified atom stereocenters. The fourth-order valence-electron chi connectivity index (χ4n) is 1.42. The molecular formula is C11H15N5. The Balaban J connectivity index is 2.29. The van der Waals surface area contributed by atoms with Gasteiger partial charge >= 0.3 is 0 Å². The molecule has 0 radical (unpaired) electrons. The van der Waals surface area contributed by atoms with Gasteiger partial charge in [0.25, 0.3) is 0 Å². The van der Waals surface area contributed by atoms with Crippen LogP contribution in [0.15, 0.2) is 24.8 Å². The summed E-state index contributed by atoms with van der Waals surface area (Å²) in [5, 5.41) is 3.25. The lowest BCUT2D eigenvalue weighted by molar-refractivity contribution is 0.918. The van der Waals surface area contributed by atoms with Crippen molar-refractivity contribution in [3.8, 4) is 5.82 Å². The van der Waals surface area contributed by atoms with Crippen molar-refractivity contribution >= 4 is 5.82 Å². The number of aryl methyl sites for hydroxylation is 1. The molecule has 2 heterocycles. The van der Waals surface area contributed by atoms with Gasteiger partial charge in [-0.2, -0.15) is 0 Å². The minimum Gasteiger partial charge on any atom is -0.370 e. The van der Waals surface area contributed by atoms with Crippen molar-refractivity contribution in [2.75, 3.05) is 11.9 Å². The summed E-state index contributed by atoms with van der Waals surface area (Å²) in [5.74, 6) is 2.45. The van der Waals surface area contributed by atoms with Crippen LogP contribution in [-0.2, 0) is 0 Å². The smallest absolute Gasteiger partial charge is 0.143 e. The van der Waals surface area contributed by atoms with Gasteiger partial charge in [-0.25, -0.2) is 15.0 Å². The predicted molar refractivity (Wildman–Crippen MR) is 62.7 cm³/mol. The number of imidazole rings is 1. The van der Waals surface area contributed by atoms with Crippen molar-refractivity contribution in [1.82, 2.24) is 19.5 Å². The Kier molecular flexibility index (Phi) is 3.14. The summed E-state index contributed by atoms with van der Waals surface area (Å²) in [6, 6.07) is 1.92. The van der Waals surface area contributed by atoms with Gasteiger partial charge in [0, 0.05) is 25.0 Å². The number of rotatable bonds is 4. The summed E-state index contributed by atoms with van der Waals surface area (Å²) in [7, 11) is 0. The van der Waals surface area contributed by atoms with Gasteiger partial charge in [0.2, 0.25) is 0 Å². The molecular weight excluding hydrogens is 202 g/mol. The molecule has 0 aromatic carbocycles. The fraction of sp³-hybridized carbons (Fsp3) is 0.364. The normalized spacial score (nSPS) is 10.4. The lowest BCUT2D eigenvalue weighted by Crippen LogP contribution is -2.06. The first-order chi connectivity index (χ1) is 7.79. The SMILES string of the molecule is CCCNc1cc(-n2ccnc2)nc(C)n1. The van der Waals surface area contributed by atoms with Crippen LogP contribution < -0.4 is 5.32 Å². The van der Waals surface area contributed by atoms with E-state index >= 15 is 0 Å². The maximum Gasteiger partial charge on any atom is 0.143 e. The summed E-state index contributed by atoms with van der Waals surface area (Å²) < 4.78 is 1.87. The third-order valence-corrected chi connectivity index (χ3v) is 2.15. The van der Waals surface area contributed by atoms with Gasteiger partial charge in [0.1, 0.15) is 23.8 Å². The van der Waals surface area contributed by atoms with Crippen molar-refractivity contribution in [1.29, 1.82) is 0 Å². The Morgan fingerprint density at radius 3 is 2.94 bits per heavy atom. The van der Waals surface area contributed by atoms with Crippen LogP contribution in [0.2, 0.25) is 0 Å². The van der Waals surface area contributed by atoms with Gasteiger partial charge in [-0.1, -0.05) is 6.92 Å². The molecule has 0 fully saturated rings. The summed E-state index contributed by atoms with van der Waals surface area (Å²) in [4.78, 5) is 12.7. The molecule has 16 heavy (non-hydrogen) atoms. The molecule has 0 saturated heterocycles. The topological polar surface area (TPSA) is 55.6 Å². The molecule has 5 heteroatoms. The maximum absolute atomic E-state index is 4.36. The standard InChI is InChI=1S/C11H15N5/c1-3-4-13-10-7-11(15-9(2)14-10)16-6-5-12-8-16/h5-8H,3-4H2,1-2H3,(H,13,14,15). The maximum atomic E-state index is 4.36. The van der Waals surface area contributed by atoms with E-state index in [1.807, 2.05) is 23.8 Å². The van der Waals surface area contributed by atoms with Gasteiger partial charge in [-0.3, -0.25) is 4.57 Å². The van der Waals surface area contributed by atoms with E-state index in [4.69, 9.17) is 0 Å². The Bertz CT molecular complexity index is 449. The molecule has 84 valence electrons. The number of nitrogens with one attached hydrogen (secondary N) is 1. The van der Waals surface area contributed by atoms with E-state index in [9.17, 15) is 0 Å². The summed E-state index contributed by atoms with van der Waals surface area (Å²) in [6.45, 7) is 4.93. The highest BCUT2D eigenvalue weighted by atomic mass is 15.1. The molecule has 0 spiro atoms. The van der Waals surface area contributed by atoms with Crippen LogP contribution in [0.4, 0.5) is 5.82 Å². The molecule has 0 amide bonds. The highest BCUT2D eigenvalue weighted by Gasteiger charge is 2.02. The van der Waals surface area contributed by atoms with E-state index < -0.39 is 0 Å². The van der Waals surface area contributed by atoms with Gasteiger partial charge in [0.05, 0.1) is 0 Å². The van der Waals surface area contributed by atoms with Crippen molar-refractivity contribution in [3.63, 3.8) is 0 Å². The van der Waals surface area contributed by atoms with Gasteiger partial charge in [-0.05, 0) is 13.3 Å². The minimum absolute atomic E-state index is 0.754. The van der Waals surface area contributed by atoms with E-state index in [1.165, 1.54) is 0 Å². The first-order valence-electron chi connectivity index (χ1n) is 5.37. The zero-order valence-corrected chi connectivity index (χ0v) is 9.51. The van der Waals surface area contributed by atoms with Gasteiger partial charge in [0.15, 0.2) is 0 Å². The fourth-order valence-corrected chi connectivity index (χ4v) is 1.42. The Morgan fingerprint density at radius 2 is 2.25 bits per heavy atom. The van der Waals surface area contributed by atoms with E-state index in [2.05, 4.69) is 27.2 Å². The predicted octanol–water partition coefficient (Wildman–Crippen LogP) is 1.79. The number of nitrogens with zero attached hydrogens (tertiary/aromatic N) is 4. The molecule has 0 atom stereocenters. The van der Waals surface area contributed by atoms with Crippen molar-refractivity contribution in [2.24, 2.45) is 0 Å². The molecule has 2 aromatic heterocycles. The van der Waals surface area contributed by atoms with Crippen LogP contribution in [0.25, 0.3) is 5.82 Å². The molecule has 5 nitrogen and oxygen atoms in total. The average molecular weight is 217 g/mol. The quantitative estimate of drug-likeness (QED) is 0.848. The molecule has 0 aliphatic heterocycles. The van der Waals surface area contributed by atoms with Gasteiger partial charge in [-0.15, -0.1) is 0 Å². The van der Waals surface area contributed by atoms with Crippen molar-refractivity contribution < 1.29 is 0 Å². The van der Waals surface area contributed by atoms with Crippen LogP contribution in [0, 0.1) is 6.92 Å². The molecule has 0 bridgehead atoms. The minimum atomic E-state index is 0.754. The Morgan fingerprint density at radius 1 is 1.38 bits per heavy atom. The van der Waals surface area contributed by atoms with E-state index in [1.54, 1.807) is 12.5 Å².